The van der Waals surface area contributed by atoms with Crippen LogP contribution in [0.1, 0.15) is 57.8 Å². The summed E-state index contributed by atoms with van der Waals surface area (Å²) in [5, 5.41) is 18.5. The number of allylic oxidation sites excluding steroid dienone is 2. The number of aliphatic hydroxyl groups is 1. The van der Waals surface area contributed by atoms with E-state index in [0.29, 0.717) is 0 Å². The van der Waals surface area contributed by atoms with E-state index in [1.54, 1.807) is 0 Å². The molecule has 1 fully saturated rings. The molecule has 0 radical (unpaired) electrons. The third kappa shape index (κ3) is 3.13. The fourth-order valence-electron chi connectivity index (χ4n) is 2.29. The Morgan fingerprint density at radius 1 is 1.07 bits per heavy atom. The zero-order valence-corrected chi connectivity index (χ0v) is 9.28. The van der Waals surface area contributed by atoms with E-state index in [2.05, 4.69) is 16.3 Å². The second kappa shape index (κ2) is 4.88. The van der Waals surface area contributed by atoms with E-state index in [1.807, 2.05) is 0 Å². The molecule has 0 aromatic rings. The van der Waals surface area contributed by atoms with E-state index in [4.69, 9.17) is 0 Å². The van der Waals surface area contributed by atoms with Crippen molar-refractivity contribution >= 4 is 0 Å². The fourth-order valence-corrected chi connectivity index (χ4v) is 2.29. The summed E-state index contributed by atoms with van der Waals surface area (Å²) in [6.07, 6.45) is 11.7. The Hall–Kier alpha value is -0.700. The average molecular weight is 208 g/mol. The Morgan fingerprint density at radius 3 is 2.53 bits per heavy atom. The second-order valence-corrected chi connectivity index (χ2v) is 4.68. The highest BCUT2D eigenvalue weighted by molar-refractivity contribution is 5.02. The molecule has 2 rings (SSSR count). The van der Waals surface area contributed by atoms with Gasteiger partial charge in [-0.2, -0.15) is 10.2 Å². The maximum Gasteiger partial charge on any atom is 0.176 e. The zero-order chi connectivity index (χ0) is 10.6. The summed E-state index contributed by atoms with van der Waals surface area (Å²) in [5.74, 6) is 0. The summed E-state index contributed by atoms with van der Waals surface area (Å²) in [6.45, 7) is 0. The van der Waals surface area contributed by atoms with Gasteiger partial charge in [0.15, 0.2) is 5.72 Å². The zero-order valence-electron chi connectivity index (χ0n) is 9.28. The predicted octanol–water partition coefficient (Wildman–Crippen LogP) is 3.55. The molecule has 2 aliphatic rings. The van der Waals surface area contributed by atoms with E-state index >= 15 is 0 Å². The van der Waals surface area contributed by atoms with Crippen molar-refractivity contribution in [1.29, 1.82) is 0 Å². The lowest BCUT2D eigenvalue weighted by molar-refractivity contribution is 0.00586. The Kier molecular flexibility index (Phi) is 3.52. The first-order valence-electron chi connectivity index (χ1n) is 6.13. The Balaban J connectivity index is 1.93. The van der Waals surface area contributed by atoms with Crippen molar-refractivity contribution in [3.63, 3.8) is 0 Å². The highest BCUT2D eigenvalue weighted by Gasteiger charge is 2.28. The van der Waals surface area contributed by atoms with Crippen LogP contribution in [-0.2, 0) is 0 Å². The molecule has 1 N–H and O–H groups in total. The lowest BCUT2D eigenvalue weighted by Gasteiger charge is -2.26. The van der Waals surface area contributed by atoms with Gasteiger partial charge in [0, 0.05) is 0 Å². The SMILES string of the molecule is OC1(N=NC2=CCCCC2)CCCCC1. The molecule has 1 saturated carbocycles. The quantitative estimate of drug-likeness (QED) is 0.693. The van der Waals surface area contributed by atoms with Gasteiger partial charge in [0.25, 0.3) is 0 Å². The average Bonchev–Trinajstić information content (AvgIpc) is 2.29. The maximum atomic E-state index is 10.1. The lowest BCUT2D eigenvalue weighted by Crippen LogP contribution is -2.28. The predicted molar refractivity (Wildman–Crippen MR) is 59.4 cm³/mol. The number of hydrogen-bond donors (Lipinski definition) is 1. The minimum Gasteiger partial charge on any atom is -0.368 e. The van der Waals surface area contributed by atoms with Crippen molar-refractivity contribution in [2.75, 3.05) is 0 Å². The minimum atomic E-state index is -0.851. The van der Waals surface area contributed by atoms with Crippen LogP contribution in [0, 0.1) is 0 Å². The third-order valence-corrected chi connectivity index (χ3v) is 3.29. The molecular weight excluding hydrogens is 188 g/mol. The van der Waals surface area contributed by atoms with Gasteiger partial charge in [-0.05, 0) is 51.4 Å². The topological polar surface area (TPSA) is 45.0 Å². The van der Waals surface area contributed by atoms with Gasteiger partial charge in [0.1, 0.15) is 0 Å². The Morgan fingerprint density at radius 2 is 1.87 bits per heavy atom. The number of azo groups is 1. The standard InChI is InChI=1S/C12H20N2O/c15-12(9-5-2-6-10-12)14-13-11-7-3-1-4-8-11/h7,15H,1-6,8-10H2. The van der Waals surface area contributed by atoms with Crippen molar-refractivity contribution in [3.05, 3.63) is 11.8 Å². The highest BCUT2D eigenvalue weighted by atomic mass is 16.3. The van der Waals surface area contributed by atoms with Crippen LogP contribution in [0.5, 0.6) is 0 Å². The van der Waals surface area contributed by atoms with Crippen LogP contribution in [0.25, 0.3) is 0 Å². The molecule has 0 unspecified atom stereocenters. The van der Waals surface area contributed by atoms with Crippen LogP contribution in [0.4, 0.5) is 0 Å². The largest absolute Gasteiger partial charge is 0.368 e. The molecule has 0 bridgehead atoms. The molecule has 0 atom stereocenters. The molecule has 0 saturated heterocycles. The molecule has 0 aromatic carbocycles. The van der Waals surface area contributed by atoms with Gasteiger partial charge >= 0.3 is 0 Å². The van der Waals surface area contributed by atoms with E-state index in [9.17, 15) is 5.11 Å². The monoisotopic (exact) mass is 208 g/mol. The first-order chi connectivity index (χ1) is 7.29. The Bertz CT molecular complexity index is 265. The number of hydrogen-bond acceptors (Lipinski definition) is 3. The summed E-state index contributed by atoms with van der Waals surface area (Å²) in [4.78, 5) is 0. The van der Waals surface area contributed by atoms with Crippen LogP contribution < -0.4 is 0 Å². The van der Waals surface area contributed by atoms with Crippen LogP contribution in [0.15, 0.2) is 22.0 Å². The summed E-state index contributed by atoms with van der Waals surface area (Å²) in [7, 11) is 0. The molecule has 0 aromatic heterocycles. The van der Waals surface area contributed by atoms with Crippen LogP contribution >= 0.6 is 0 Å². The second-order valence-electron chi connectivity index (χ2n) is 4.68. The van der Waals surface area contributed by atoms with Gasteiger partial charge < -0.3 is 5.11 Å². The third-order valence-electron chi connectivity index (χ3n) is 3.29. The van der Waals surface area contributed by atoms with Crippen LogP contribution in [0.2, 0.25) is 0 Å². The van der Waals surface area contributed by atoms with Gasteiger partial charge in [0.2, 0.25) is 0 Å². The molecule has 3 heteroatoms. The molecule has 3 nitrogen and oxygen atoms in total. The summed E-state index contributed by atoms with van der Waals surface area (Å²) >= 11 is 0. The van der Waals surface area contributed by atoms with E-state index in [1.165, 1.54) is 19.3 Å². The Labute approximate surface area is 91.3 Å². The fraction of sp³-hybridized carbons (Fsp3) is 0.833. The van der Waals surface area contributed by atoms with Crippen molar-refractivity contribution in [1.82, 2.24) is 0 Å². The summed E-state index contributed by atoms with van der Waals surface area (Å²) < 4.78 is 0. The molecule has 84 valence electrons. The minimum absolute atomic E-state index is 0.782. The van der Waals surface area contributed by atoms with Crippen LogP contribution in [-0.4, -0.2) is 10.8 Å². The number of rotatable bonds is 2. The van der Waals surface area contributed by atoms with Gasteiger partial charge in [-0.25, -0.2) is 0 Å². The van der Waals surface area contributed by atoms with Crippen LogP contribution in [0.3, 0.4) is 0 Å². The molecular formula is C12H20N2O. The molecule has 0 aliphatic heterocycles. The normalized spacial score (nSPS) is 26.6. The van der Waals surface area contributed by atoms with Crippen molar-refractivity contribution in [3.8, 4) is 0 Å². The van der Waals surface area contributed by atoms with Gasteiger partial charge in [-0.15, -0.1) is 0 Å². The van der Waals surface area contributed by atoms with E-state index < -0.39 is 5.72 Å². The van der Waals surface area contributed by atoms with Crippen molar-refractivity contribution in [2.24, 2.45) is 10.2 Å². The molecule has 0 amide bonds. The van der Waals surface area contributed by atoms with Gasteiger partial charge in [-0.1, -0.05) is 12.5 Å². The molecule has 2 aliphatic carbocycles. The summed E-state index contributed by atoms with van der Waals surface area (Å²) in [5.41, 5.74) is 0.219. The smallest absolute Gasteiger partial charge is 0.176 e. The van der Waals surface area contributed by atoms with Gasteiger partial charge in [0.05, 0.1) is 5.70 Å². The summed E-state index contributed by atoms with van der Waals surface area (Å²) in [6, 6.07) is 0. The molecule has 0 heterocycles. The first kappa shape index (κ1) is 10.8. The van der Waals surface area contributed by atoms with E-state index in [0.717, 1.165) is 44.2 Å². The molecule has 0 spiro atoms. The molecule has 15 heavy (non-hydrogen) atoms. The highest BCUT2D eigenvalue weighted by Crippen LogP contribution is 2.30. The van der Waals surface area contributed by atoms with Gasteiger partial charge in [-0.3, -0.25) is 0 Å². The van der Waals surface area contributed by atoms with Crippen molar-refractivity contribution in [2.45, 2.75) is 63.5 Å². The maximum absolute atomic E-state index is 10.1. The first-order valence-corrected chi connectivity index (χ1v) is 6.13. The number of nitrogens with zero attached hydrogens (tertiary/aromatic N) is 2. The van der Waals surface area contributed by atoms with Crippen molar-refractivity contribution < 1.29 is 5.11 Å². The van der Waals surface area contributed by atoms with E-state index in [-0.39, 0.29) is 0 Å². The lowest BCUT2D eigenvalue weighted by atomic mass is 9.93.